The van der Waals surface area contributed by atoms with E-state index in [4.69, 9.17) is 9.15 Å². The number of H-pyrrole nitrogens is 1. The predicted octanol–water partition coefficient (Wildman–Crippen LogP) is 3.53. The number of hydrogen-bond acceptors (Lipinski definition) is 7. The molecule has 2 heterocycles. The maximum absolute atomic E-state index is 14.9. The Balaban J connectivity index is 1.84. The Morgan fingerprint density at radius 1 is 1.26 bits per heavy atom. The molecule has 0 unspecified atom stereocenters. The first-order chi connectivity index (χ1) is 16.3. The zero-order valence-electron chi connectivity index (χ0n) is 18.9. The van der Waals surface area contributed by atoms with E-state index in [1.165, 1.54) is 19.1 Å². The van der Waals surface area contributed by atoms with E-state index >= 15 is 0 Å². The third-order valence-electron chi connectivity index (χ3n) is 6.09. The van der Waals surface area contributed by atoms with Crippen LogP contribution in [0.2, 0.25) is 0 Å². The molecule has 4 rings (SSSR count). The monoisotopic (exact) mass is 573 g/mol. The van der Waals surface area contributed by atoms with Crippen LogP contribution in [0.5, 0.6) is 5.75 Å². The van der Waals surface area contributed by atoms with Crippen LogP contribution >= 0.6 is 15.9 Å². The van der Waals surface area contributed by atoms with Crippen molar-refractivity contribution in [3.8, 4) is 5.75 Å². The smallest absolute Gasteiger partial charge is 0.434 e. The third-order valence-corrected chi connectivity index (χ3v) is 8.41. The summed E-state index contributed by atoms with van der Waals surface area (Å²) in [4.78, 5) is 11.2. The van der Waals surface area contributed by atoms with E-state index in [0.29, 0.717) is 10.0 Å². The second kappa shape index (κ2) is 9.12. The van der Waals surface area contributed by atoms with Crippen LogP contribution in [0.1, 0.15) is 54.8 Å². The van der Waals surface area contributed by atoms with Gasteiger partial charge < -0.3 is 14.3 Å². The Labute approximate surface area is 207 Å². The molecule has 0 radical (unpaired) electrons. The van der Waals surface area contributed by atoms with Crippen molar-refractivity contribution in [3.63, 3.8) is 0 Å². The van der Waals surface area contributed by atoms with Crippen molar-refractivity contribution >= 4 is 26.0 Å². The Hall–Kier alpha value is -2.61. The molecule has 2 aromatic carbocycles. The number of nitrogens with zero attached hydrogens (tertiary/aromatic N) is 1. The van der Waals surface area contributed by atoms with Crippen LogP contribution < -0.4 is 15.2 Å². The van der Waals surface area contributed by atoms with Gasteiger partial charge in [0.15, 0.2) is 0 Å². The number of aromatic nitrogens is 2. The second-order valence-corrected chi connectivity index (χ2v) is 11.1. The van der Waals surface area contributed by atoms with Crippen LogP contribution in [0.3, 0.4) is 0 Å². The molecule has 1 aromatic heterocycles. The van der Waals surface area contributed by atoms with Crippen LogP contribution in [0.4, 0.5) is 8.78 Å². The van der Waals surface area contributed by atoms with Crippen molar-refractivity contribution in [2.24, 2.45) is 0 Å². The van der Waals surface area contributed by atoms with Gasteiger partial charge in [-0.3, -0.25) is 0 Å². The largest absolute Gasteiger partial charge is 0.492 e. The number of halogens is 3. The van der Waals surface area contributed by atoms with Crippen molar-refractivity contribution in [1.29, 1.82) is 0 Å². The Bertz CT molecular complexity index is 1450. The lowest BCUT2D eigenvalue weighted by Gasteiger charge is -2.32. The van der Waals surface area contributed by atoms with Crippen LogP contribution in [-0.2, 0) is 15.6 Å². The first-order valence-corrected chi connectivity index (χ1v) is 12.8. The maximum Gasteiger partial charge on any atom is 0.434 e. The minimum absolute atomic E-state index is 0.0392. The predicted molar refractivity (Wildman–Crippen MR) is 124 cm³/mol. The Morgan fingerprint density at radius 2 is 1.94 bits per heavy atom. The summed E-state index contributed by atoms with van der Waals surface area (Å²) in [6, 6.07) is 3.32. The molecule has 3 atom stereocenters. The van der Waals surface area contributed by atoms with Crippen molar-refractivity contribution in [2.75, 3.05) is 6.61 Å². The number of nitrogens with one attached hydrogen (secondary N) is 2. The average molecular weight is 574 g/mol. The second-order valence-electron chi connectivity index (χ2n) is 8.53. The molecule has 188 valence electrons. The Kier molecular flexibility index (Phi) is 6.64. The molecule has 13 heteroatoms. The van der Waals surface area contributed by atoms with Gasteiger partial charge in [0.2, 0.25) is 15.9 Å². The van der Waals surface area contributed by atoms with Gasteiger partial charge in [0.05, 0.1) is 17.8 Å². The number of hydrogen-bond donors (Lipinski definition) is 3. The molecule has 9 nitrogen and oxygen atoms in total. The summed E-state index contributed by atoms with van der Waals surface area (Å²) < 4.78 is 70.0. The highest BCUT2D eigenvalue weighted by atomic mass is 79.9. The van der Waals surface area contributed by atoms with Crippen molar-refractivity contribution in [1.82, 2.24) is 14.9 Å². The van der Waals surface area contributed by atoms with E-state index in [-0.39, 0.29) is 35.8 Å². The SMILES string of the molecule is Cc1c(Br)ccc(F)c1[C@@H](C)[C@H](NS(=O)(=O)c1ccc(F)c2c1OCC[C@@]2(C)O)c1n[nH]c(=O)o1. The number of sulfonamides is 1. The highest BCUT2D eigenvalue weighted by Crippen LogP contribution is 2.43. The van der Waals surface area contributed by atoms with Crippen molar-refractivity contribution < 1.29 is 31.5 Å². The highest BCUT2D eigenvalue weighted by molar-refractivity contribution is 9.10. The number of aromatic amines is 1. The summed E-state index contributed by atoms with van der Waals surface area (Å²) in [6.45, 7) is 4.52. The van der Waals surface area contributed by atoms with Gasteiger partial charge in [0.1, 0.15) is 28.3 Å². The van der Waals surface area contributed by atoms with Gasteiger partial charge >= 0.3 is 5.76 Å². The normalized spacial score (nSPS) is 19.6. The van der Waals surface area contributed by atoms with Gasteiger partial charge in [0.25, 0.3) is 0 Å². The molecule has 0 aliphatic carbocycles. The molecule has 35 heavy (non-hydrogen) atoms. The molecule has 3 N–H and O–H groups in total. The minimum atomic E-state index is -4.50. The number of rotatable bonds is 6. The van der Waals surface area contributed by atoms with E-state index < -0.39 is 49.9 Å². The van der Waals surface area contributed by atoms with Gasteiger partial charge in [-0.05, 0) is 49.2 Å². The van der Waals surface area contributed by atoms with Crippen molar-refractivity contribution in [3.05, 3.63) is 73.5 Å². The molecular formula is C22H22BrF2N3O6S. The van der Waals surface area contributed by atoms with Crippen LogP contribution in [0.15, 0.2) is 42.8 Å². The Morgan fingerprint density at radius 3 is 2.60 bits per heavy atom. The number of benzene rings is 2. The topological polar surface area (TPSA) is 135 Å². The van der Waals surface area contributed by atoms with E-state index in [9.17, 15) is 27.1 Å². The molecule has 3 aromatic rings. The standard InChI is InChI=1S/C22H22BrF2N3O6S/c1-10-12(23)4-5-13(24)16(10)11(2)18(20-26-27-21(29)34-20)28-35(31,32)15-7-6-14(25)17-19(15)33-9-8-22(17,3)30/h4-7,11,18,28,30H,8-9H2,1-3H3,(H,27,29)/t11-,18+,22-/m1/s1. The van der Waals surface area contributed by atoms with Crippen LogP contribution in [-0.4, -0.2) is 30.3 Å². The molecule has 0 fully saturated rings. The van der Waals surface area contributed by atoms with Crippen LogP contribution in [0.25, 0.3) is 0 Å². The highest BCUT2D eigenvalue weighted by Gasteiger charge is 2.40. The minimum Gasteiger partial charge on any atom is -0.492 e. The lowest BCUT2D eigenvalue weighted by Crippen LogP contribution is -2.35. The van der Waals surface area contributed by atoms with E-state index in [1.54, 1.807) is 13.8 Å². The molecule has 1 aliphatic heterocycles. The molecule has 0 saturated heterocycles. The summed E-state index contributed by atoms with van der Waals surface area (Å²) in [5.74, 6) is -3.91. The van der Waals surface area contributed by atoms with E-state index in [1.807, 2.05) is 0 Å². The zero-order chi connectivity index (χ0) is 25.7. The van der Waals surface area contributed by atoms with Crippen molar-refractivity contribution in [2.45, 2.75) is 49.6 Å². The summed E-state index contributed by atoms with van der Waals surface area (Å²) in [5, 5.41) is 16.5. The molecule has 0 spiro atoms. The first kappa shape index (κ1) is 25.5. The van der Waals surface area contributed by atoms with Crippen LogP contribution in [0, 0.1) is 18.6 Å². The van der Waals surface area contributed by atoms with Gasteiger partial charge in [-0.1, -0.05) is 22.9 Å². The van der Waals surface area contributed by atoms with Gasteiger partial charge in [-0.2, -0.15) is 4.72 Å². The average Bonchev–Trinajstić information content (AvgIpc) is 3.20. The molecule has 0 bridgehead atoms. The fourth-order valence-electron chi connectivity index (χ4n) is 4.24. The summed E-state index contributed by atoms with van der Waals surface area (Å²) >= 11 is 3.34. The lowest BCUT2D eigenvalue weighted by atomic mass is 9.90. The third kappa shape index (κ3) is 4.65. The van der Waals surface area contributed by atoms with E-state index in [0.717, 1.165) is 12.1 Å². The fourth-order valence-corrected chi connectivity index (χ4v) is 6.00. The number of fused-ring (bicyclic) bond motifs is 1. The maximum atomic E-state index is 14.9. The van der Waals surface area contributed by atoms with Gasteiger partial charge in [-0.15, -0.1) is 5.10 Å². The number of ether oxygens (including phenoxy) is 1. The molecule has 0 saturated carbocycles. The fraction of sp³-hybridized carbons (Fsp3) is 0.364. The zero-order valence-corrected chi connectivity index (χ0v) is 21.3. The molecule has 0 amide bonds. The van der Waals surface area contributed by atoms with Gasteiger partial charge in [0, 0.05) is 16.8 Å². The summed E-state index contributed by atoms with van der Waals surface area (Å²) in [6.07, 6.45) is 0.0629. The lowest BCUT2D eigenvalue weighted by molar-refractivity contribution is 0.00964. The quantitative estimate of drug-likeness (QED) is 0.410. The summed E-state index contributed by atoms with van der Waals surface area (Å²) in [5.41, 5.74) is -1.26. The molecular weight excluding hydrogens is 552 g/mol. The first-order valence-electron chi connectivity index (χ1n) is 10.5. The number of aliphatic hydroxyl groups is 1. The van der Waals surface area contributed by atoms with Gasteiger partial charge in [-0.25, -0.2) is 27.1 Å². The van der Waals surface area contributed by atoms with E-state index in [2.05, 4.69) is 30.8 Å². The summed E-state index contributed by atoms with van der Waals surface area (Å²) in [7, 11) is -4.50. The molecule has 1 aliphatic rings.